The average molecular weight is 276 g/mol. The van der Waals surface area contributed by atoms with Crippen LogP contribution >= 0.6 is 11.3 Å². The maximum Gasteiger partial charge on any atom is 0.338 e. The van der Waals surface area contributed by atoms with Crippen molar-refractivity contribution in [3.63, 3.8) is 0 Å². The molecule has 0 aliphatic carbocycles. The highest BCUT2D eigenvalue weighted by molar-refractivity contribution is 7.07. The van der Waals surface area contributed by atoms with E-state index in [9.17, 15) is 9.59 Å². The molecule has 0 atom stereocenters. The number of hydrogen-bond donors (Lipinski definition) is 1. The van der Waals surface area contributed by atoms with E-state index in [1.807, 2.05) is 0 Å². The summed E-state index contributed by atoms with van der Waals surface area (Å²) in [5, 5.41) is 4.36. The molecule has 19 heavy (non-hydrogen) atoms. The van der Waals surface area contributed by atoms with Crippen LogP contribution in [0.2, 0.25) is 0 Å². The molecule has 2 rings (SSSR count). The highest BCUT2D eigenvalue weighted by Crippen LogP contribution is 2.12. The molecule has 0 bridgehead atoms. The van der Waals surface area contributed by atoms with Crippen LogP contribution in [0.25, 0.3) is 0 Å². The molecule has 1 heterocycles. The van der Waals surface area contributed by atoms with Gasteiger partial charge in [-0.3, -0.25) is 4.79 Å². The van der Waals surface area contributed by atoms with Gasteiger partial charge in [0.2, 0.25) is 0 Å². The van der Waals surface area contributed by atoms with Gasteiger partial charge in [-0.2, -0.15) is 0 Å². The van der Waals surface area contributed by atoms with Gasteiger partial charge < -0.3 is 10.1 Å². The van der Waals surface area contributed by atoms with Crippen molar-refractivity contribution < 1.29 is 14.3 Å². The summed E-state index contributed by atoms with van der Waals surface area (Å²) in [6, 6.07) is 6.51. The molecule has 98 valence electrons. The Kier molecular flexibility index (Phi) is 4.25. The third-order valence-corrected chi connectivity index (χ3v) is 2.91. The number of amides is 1. The number of nitrogens with zero attached hydrogens (tertiary/aromatic N) is 1. The smallest absolute Gasteiger partial charge is 0.338 e. The summed E-state index contributed by atoms with van der Waals surface area (Å²) in [6.07, 6.45) is 0. The summed E-state index contributed by atoms with van der Waals surface area (Å²) < 4.78 is 4.87. The molecule has 0 saturated carbocycles. The first kappa shape index (κ1) is 13.2. The minimum absolute atomic E-state index is 0.273. The molecule has 0 fully saturated rings. The maximum absolute atomic E-state index is 11.7. The van der Waals surface area contributed by atoms with Crippen molar-refractivity contribution in [2.45, 2.75) is 6.92 Å². The molecule has 0 unspecified atom stereocenters. The predicted molar refractivity (Wildman–Crippen MR) is 72.5 cm³/mol. The molecular weight excluding hydrogens is 264 g/mol. The number of rotatable bonds is 4. The first-order valence-electron chi connectivity index (χ1n) is 5.67. The molecular formula is C13H12N2O3S. The van der Waals surface area contributed by atoms with E-state index in [0.717, 1.165) is 0 Å². The van der Waals surface area contributed by atoms with E-state index >= 15 is 0 Å². The van der Waals surface area contributed by atoms with Gasteiger partial charge in [0.1, 0.15) is 5.69 Å². The molecule has 6 heteroatoms. The van der Waals surface area contributed by atoms with Gasteiger partial charge in [0, 0.05) is 11.1 Å². The van der Waals surface area contributed by atoms with Gasteiger partial charge in [-0.25, -0.2) is 9.78 Å². The molecule has 0 radical (unpaired) electrons. The van der Waals surface area contributed by atoms with Crippen molar-refractivity contribution >= 4 is 28.9 Å². The number of hydrogen-bond acceptors (Lipinski definition) is 5. The lowest BCUT2D eigenvalue weighted by molar-refractivity contribution is 0.0526. The van der Waals surface area contributed by atoms with Crippen molar-refractivity contribution in [2.75, 3.05) is 11.9 Å². The summed E-state index contributed by atoms with van der Waals surface area (Å²) in [7, 11) is 0. The zero-order chi connectivity index (χ0) is 13.7. The second-order valence-corrected chi connectivity index (χ2v) is 4.34. The van der Waals surface area contributed by atoms with Crippen LogP contribution in [-0.2, 0) is 4.74 Å². The minimum atomic E-state index is -0.375. The minimum Gasteiger partial charge on any atom is -0.462 e. The molecule has 1 amide bonds. The lowest BCUT2D eigenvalue weighted by Gasteiger charge is -2.05. The van der Waals surface area contributed by atoms with E-state index in [-0.39, 0.29) is 11.9 Å². The lowest BCUT2D eigenvalue weighted by atomic mass is 10.2. The van der Waals surface area contributed by atoms with Gasteiger partial charge in [-0.1, -0.05) is 0 Å². The van der Waals surface area contributed by atoms with E-state index in [4.69, 9.17) is 4.74 Å². The third kappa shape index (κ3) is 3.38. The Labute approximate surface area is 114 Å². The molecule has 0 aliphatic rings. The van der Waals surface area contributed by atoms with Crippen LogP contribution in [0.3, 0.4) is 0 Å². The standard InChI is InChI=1S/C13H12N2O3S/c1-2-18-13(17)9-3-5-10(6-4-9)15-12(16)11-7-19-8-14-11/h3-8H,2H2,1H3,(H,15,16). The van der Waals surface area contributed by atoms with E-state index in [2.05, 4.69) is 10.3 Å². The Hall–Kier alpha value is -2.21. The number of esters is 1. The summed E-state index contributed by atoms with van der Waals surface area (Å²) >= 11 is 1.36. The number of aromatic nitrogens is 1. The summed E-state index contributed by atoms with van der Waals surface area (Å²) in [5.74, 6) is -0.648. The highest BCUT2D eigenvalue weighted by atomic mass is 32.1. The number of ether oxygens (including phenoxy) is 1. The van der Waals surface area contributed by atoms with Crippen LogP contribution in [-0.4, -0.2) is 23.5 Å². The number of carbonyl (C=O) groups excluding carboxylic acids is 2. The molecule has 1 aromatic heterocycles. The Morgan fingerprint density at radius 3 is 2.63 bits per heavy atom. The zero-order valence-electron chi connectivity index (χ0n) is 10.3. The van der Waals surface area contributed by atoms with E-state index < -0.39 is 0 Å². The average Bonchev–Trinajstić information content (AvgIpc) is 2.94. The lowest BCUT2D eigenvalue weighted by Crippen LogP contribution is -2.12. The molecule has 1 aromatic carbocycles. The molecule has 1 N–H and O–H groups in total. The molecule has 5 nitrogen and oxygen atoms in total. The van der Waals surface area contributed by atoms with Crippen molar-refractivity contribution in [2.24, 2.45) is 0 Å². The second kappa shape index (κ2) is 6.10. The maximum atomic E-state index is 11.7. The summed E-state index contributed by atoms with van der Waals surface area (Å²) in [5.41, 5.74) is 3.03. The van der Waals surface area contributed by atoms with Gasteiger partial charge in [0.05, 0.1) is 17.7 Å². The number of benzene rings is 1. The van der Waals surface area contributed by atoms with Gasteiger partial charge in [-0.15, -0.1) is 11.3 Å². The fourth-order valence-electron chi connectivity index (χ4n) is 1.42. The monoisotopic (exact) mass is 276 g/mol. The quantitative estimate of drug-likeness (QED) is 0.871. The van der Waals surface area contributed by atoms with Gasteiger partial charge in [-0.05, 0) is 31.2 Å². The summed E-state index contributed by atoms with van der Waals surface area (Å²) in [6.45, 7) is 2.08. The number of carbonyl (C=O) groups is 2. The Bertz CT molecular complexity index is 564. The van der Waals surface area contributed by atoms with Gasteiger partial charge >= 0.3 is 5.97 Å². The van der Waals surface area contributed by atoms with Crippen LogP contribution in [0.5, 0.6) is 0 Å². The second-order valence-electron chi connectivity index (χ2n) is 3.63. The third-order valence-electron chi connectivity index (χ3n) is 2.32. The largest absolute Gasteiger partial charge is 0.462 e. The Morgan fingerprint density at radius 1 is 1.32 bits per heavy atom. The highest BCUT2D eigenvalue weighted by Gasteiger charge is 2.09. The zero-order valence-corrected chi connectivity index (χ0v) is 11.1. The van der Waals surface area contributed by atoms with Crippen molar-refractivity contribution in [1.29, 1.82) is 0 Å². The van der Waals surface area contributed by atoms with Crippen LogP contribution in [0, 0.1) is 0 Å². The van der Waals surface area contributed by atoms with E-state index in [1.165, 1.54) is 11.3 Å². The van der Waals surface area contributed by atoms with E-state index in [0.29, 0.717) is 23.6 Å². The van der Waals surface area contributed by atoms with Crippen LogP contribution in [0.4, 0.5) is 5.69 Å². The predicted octanol–water partition coefficient (Wildman–Crippen LogP) is 2.57. The first-order chi connectivity index (χ1) is 9.20. The first-order valence-corrected chi connectivity index (χ1v) is 6.61. The van der Waals surface area contributed by atoms with E-state index in [1.54, 1.807) is 42.1 Å². The Balaban J connectivity index is 2.03. The molecule has 0 saturated heterocycles. The topological polar surface area (TPSA) is 68.3 Å². The fourth-order valence-corrected chi connectivity index (χ4v) is 1.96. The SMILES string of the molecule is CCOC(=O)c1ccc(NC(=O)c2cscn2)cc1. The number of anilines is 1. The molecule has 2 aromatic rings. The fraction of sp³-hybridized carbons (Fsp3) is 0.154. The van der Waals surface area contributed by atoms with Crippen LogP contribution in [0.1, 0.15) is 27.8 Å². The van der Waals surface area contributed by atoms with Crippen LogP contribution in [0.15, 0.2) is 35.2 Å². The number of nitrogens with one attached hydrogen (secondary N) is 1. The van der Waals surface area contributed by atoms with Crippen molar-refractivity contribution in [1.82, 2.24) is 4.98 Å². The molecule has 0 aliphatic heterocycles. The number of thiazole rings is 1. The van der Waals surface area contributed by atoms with Crippen molar-refractivity contribution in [3.05, 3.63) is 46.4 Å². The Morgan fingerprint density at radius 2 is 2.05 bits per heavy atom. The molecule has 0 spiro atoms. The summed E-state index contributed by atoms with van der Waals surface area (Å²) in [4.78, 5) is 27.1. The van der Waals surface area contributed by atoms with Crippen molar-refractivity contribution in [3.8, 4) is 0 Å². The van der Waals surface area contributed by atoms with Gasteiger partial charge in [0.15, 0.2) is 0 Å². The van der Waals surface area contributed by atoms with Gasteiger partial charge in [0.25, 0.3) is 5.91 Å². The van der Waals surface area contributed by atoms with Crippen LogP contribution < -0.4 is 5.32 Å². The normalized spacial score (nSPS) is 9.95.